The Balaban J connectivity index is 1.37. The zero-order valence-corrected chi connectivity index (χ0v) is 17.0. The van der Waals surface area contributed by atoms with Crippen LogP contribution in [0.2, 0.25) is 0 Å². The third kappa shape index (κ3) is 4.40. The van der Waals surface area contributed by atoms with E-state index in [0.29, 0.717) is 12.8 Å². The normalized spacial score (nSPS) is 16.2. The maximum Gasteiger partial charge on any atom is 0.407 e. The number of carbonyl (C=O) groups excluding carboxylic acids is 1. The van der Waals surface area contributed by atoms with E-state index in [1.807, 2.05) is 24.3 Å². The van der Waals surface area contributed by atoms with Crippen molar-refractivity contribution >= 4 is 12.1 Å². The van der Waals surface area contributed by atoms with Gasteiger partial charge in [0.1, 0.15) is 12.6 Å². The van der Waals surface area contributed by atoms with Crippen LogP contribution in [-0.2, 0) is 9.53 Å². The van der Waals surface area contributed by atoms with Gasteiger partial charge in [-0.3, -0.25) is 0 Å². The van der Waals surface area contributed by atoms with E-state index >= 15 is 0 Å². The molecule has 1 amide bonds. The van der Waals surface area contributed by atoms with Crippen LogP contribution >= 0.6 is 0 Å². The van der Waals surface area contributed by atoms with Crippen LogP contribution in [0, 0.1) is 0 Å². The van der Waals surface area contributed by atoms with Crippen LogP contribution in [0.3, 0.4) is 0 Å². The molecule has 5 heteroatoms. The molecule has 2 aromatic rings. The second-order valence-electron chi connectivity index (χ2n) is 8.01. The van der Waals surface area contributed by atoms with Crippen LogP contribution in [0.15, 0.2) is 60.2 Å². The number of fused-ring (bicyclic) bond motifs is 3. The Morgan fingerprint density at radius 2 is 1.70 bits per heavy atom. The second kappa shape index (κ2) is 9.16. The molecule has 30 heavy (non-hydrogen) atoms. The van der Waals surface area contributed by atoms with E-state index in [1.165, 1.54) is 12.0 Å². The molecular weight excluding hydrogens is 378 g/mol. The molecule has 156 valence electrons. The minimum atomic E-state index is -1.03. The molecule has 0 saturated carbocycles. The van der Waals surface area contributed by atoms with Gasteiger partial charge in [0, 0.05) is 5.92 Å². The van der Waals surface area contributed by atoms with Crippen LogP contribution in [0.25, 0.3) is 11.1 Å². The number of hydrogen-bond acceptors (Lipinski definition) is 3. The van der Waals surface area contributed by atoms with Crippen LogP contribution in [0.5, 0.6) is 0 Å². The van der Waals surface area contributed by atoms with Gasteiger partial charge in [-0.15, -0.1) is 0 Å². The van der Waals surface area contributed by atoms with Crippen LogP contribution < -0.4 is 5.32 Å². The van der Waals surface area contributed by atoms with E-state index in [0.717, 1.165) is 41.5 Å². The van der Waals surface area contributed by atoms with Gasteiger partial charge in [0.25, 0.3) is 0 Å². The summed E-state index contributed by atoms with van der Waals surface area (Å²) in [4.78, 5) is 24.0. The summed E-state index contributed by atoms with van der Waals surface area (Å²) in [6, 6.07) is 15.3. The molecule has 0 aromatic heterocycles. The number of aliphatic carboxylic acids is 1. The minimum absolute atomic E-state index is 0.0428. The number of rotatable bonds is 7. The smallest absolute Gasteiger partial charge is 0.407 e. The number of benzene rings is 2. The highest BCUT2D eigenvalue weighted by molar-refractivity contribution is 5.81. The molecule has 2 aromatic carbocycles. The van der Waals surface area contributed by atoms with E-state index in [2.05, 4.69) is 35.7 Å². The van der Waals surface area contributed by atoms with Crippen LogP contribution in [0.1, 0.15) is 55.6 Å². The fourth-order valence-electron chi connectivity index (χ4n) is 4.50. The Hall–Kier alpha value is -3.08. The average Bonchev–Trinajstić information content (AvgIpc) is 3.09. The van der Waals surface area contributed by atoms with Gasteiger partial charge >= 0.3 is 12.1 Å². The number of carbonyl (C=O) groups is 2. The van der Waals surface area contributed by atoms with Crippen molar-refractivity contribution in [2.45, 2.75) is 50.5 Å². The molecular formula is C25H27NO4. The molecule has 4 rings (SSSR count). The molecule has 5 nitrogen and oxygen atoms in total. The highest BCUT2D eigenvalue weighted by atomic mass is 16.5. The molecule has 2 N–H and O–H groups in total. The molecule has 0 aliphatic heterocycles. The molecule has 1 atom stereocenters. The summed E-state index contributed by atoms with van der Waals surface area (Å²) in [5.74, 6) is -1.07. The largest absolute Gasteiger partial charge is 0.480 e. The summed E-state index contributed by atoms with van der Waals surface area (Å²) < 4.78 is 5.48. The number of amides is 1. The molecule has 2 aliphatic rings. The van der Waals surface area contributed by atoms with Gasteiger partial charge in [0.2, 0.25) is 0 Å². The highest BCUT2D eigenvalue weighted by Gasteiger charge is 2.29. The predicted octanol–water partition coefficient (Wildman–Crippen LogP) is 5.26. The molecule has 0 saturated heterocycles. The Bertz CT molecular complexity index is 920. The molecule has 2 aliphatic carbocycles. The fraction of sp³-hybridized carbons (Fsp3) is 0.360. The van der Waals surface area contributed by atoms with E-state index in [9.17, 15) is 14.7 Å². The summed E-state index contributed by atoms with van der Waals surface area (Å²) in [5.41, 5.74) is 5.87. The summed E-state index contributed by atoms with van der Waals surface area (Å²) in [5, 5.41) is 12.0. The van der Waals surface area contributed by atoms with Crippen molar-refractivity contribution < 1.29 is 19.4 Å². The summed E-state index contributed by atoms with van der Waals surface area (Å²) in [6.07, 6.45) is 7.04. The quantitative estimate of drug-likeness (QED) is 0.616. The first-order valence-electron chi connectivity index (χ1n) is 10.7. The second-order valence-corrected chi connectivity index (χ2v) is 8.01. The molecule has 0 spiro atoms. The van der Waals surface area contributed by atoms with E-state index < -0.39 is 18.1 Å². The first-order chi connectivity index (χ1) is 14.6. The zero-order valence-electron chi connectivity index (χ0n) is 17.0. The summed E-state index contributed by atoms with van der Waals surface area (Å²) >= 11 is 0. The van der Waals surface area contributed by atoms with Gasteiger partial charge in [-0.1, -0.05) is 60.2 Å². The lowest BCUT2D eigenvalue weighted by atomic mass is 9.94. The van der Waals surface area contributed by atoms with Gasteiger partial charge in [-0.05, 0) is 60.8 Å². The maximum absolute atomic E-state index is 12.4. The standard InChI is InChI=1S/C25H27NO4/c27-24(28)23(15-14-17-8-2-1-3-9-17)26-25(29)30-16-22-20-12-6-4-10-18(20)19-11-5-7-13-21(19)22/h4-8,10-13,22-23H,1-3,9,14-16H2,(H,26,29)(H,27,28)/t23-/m0/s1. The number of carboxylic acid groups (broad SMARTS) is 1. The third-order valence-corrected chi connectivity index (χ3v) is 6.07. The van der Waals surface area contributed by atoms with E-state index in [1.54, 1.807) is 0 Å². The third-order valence-electron chi connectivity index (χ3n) is 6.07. The lowest BCUT2D eigenvalue weighted by molar-refractivity contribution is -0.139. The van der Waals surface area contributed by atoms with Crippen molar-refractivity contribution in [3.8, 4) is 11.1 Å². The first kappa shape index (κ1) is 20.2. The molecule has 0 radical (unpaired) electrons. The monoisotopic (exact) mass is 405 g/mol. The Morgan fingerprint density at radius 3 is 2.30 bits per heavy atom. The zero-order chi connectivity index (χ0) is 20.9. The van der Waals surface area contributed by atoms with Crippen LogP contribution in [0.4, 0.5) is 4.79 Å². The Morgan fingerprint density at radius 1 is 1.03 bits per heavy atom. The highest BCUT2D eigenvalue weighted by Crippen LogP contribution is 2.44. The van der Waals surface area contributed by atoms with E-state index in [-0.39, 0.29) is 12.5 Å². The van der Waals surface area contributed by atoms with Crippen LogP contribution in [-0.4, -0.2) is 29.8 Å². The van der Waals surface area contributed by atoms with Crippen molar-refractivity contribution in [3.05, 3.63) is 71.3 Å². The Labute approximate surface area is 176 Å². The number of carboxylic acids is 1. The summed E-state index contributed by atoms with van der Waals surface area (Å²) in [6.45, 7) is 0.178. The fourth-order valence-corrected chi connectivity index (χ4v) is 4.50. The number of hydrogen-bond donors (Lipinski definition) is 2. The molecule has 0 unspecified atom stereocenters. The van der Waals surface area contributed by atoms with Gasteiger partial charge < -0.3 is 15.2 Å². The molecule has 0 bridgehead atoms. The van der Waals surface area contributed by atoms with Crippen molar-refractivity contribution in [2.24, 2.45) is 0 Å². The maximum atomic E-state index is 12.4. The number of nitrogens with one attached hydrogen (secondary N) is 1. The van der Waals surface area contributed by atoms with Gasteiger partial charge in [-0.2, -0.15) is 0 Å². The average molecular weight is 405 g/mol. The van der Waals surface area contributed by atoms with Gasteiger partial charge in [-0.25, -0.2) is 9.59 Å². The lowest BCUT2D eigenvalue weighted by Gasteiger charge is -2.19. The molecule has 0 fully saturated rings. The van der Waals surface area contributed by atoms with Gasteiger partial charge in [0.15, 0.2) is 0 Å². The summed E-state index contributed by atoms with van der Waals surface area (Å²) in [7, 11) is 0. The van der Waals surface area contributed by atoms with Gasteiger partial charge in [0.05, 0.1) is 0 Å². The van der Waals surface area contributed by atoms with Crippen molar-refractivity contribution in [2.75, 3.05) is 6.61 Å². The number of ether oxygens (including phenoxy) is 1. The number of allylic oxidation sites excluding steroid dienone is 2. The minimum Gasteiger partial charge on any atom is -0.480 e. The van der Waals surface area contributed by atoms with Crippen molar-refractivity contribution in [1.29, 1.82) is 0 Å². The first-order valence-corrected chi connectivity index (χ1v) is 10.7. The molecule has 0 heterocycles. The topological polar surface area (TPSA) is 75.6 Å². The SMILES string of the molecule is O=C(N[C@@H](CCC1=CCCCC1)C(=O)O)OCC1c2ccccc2-c2ccccc21. The number of alkyl carbamates (subject to hydrolysis) is 1. The predicted molar refractivity (Wildman–Crippen MR) is 115 cm³/mol. The van der Waals surface area contributed by atoms with E-state index in [4.69, 9.17) is 4.74 Å². The lowest BCUT2D eigenvalue weighted by Crippen LogP contribution is -2.41. The van der Waals surface area contributed by atoms with Crippen molar-refractivity contribution in [1.82, 2.24) is 5.32 Å². The van der Waals surface area contributed by atoms with Crippen molar-refractivity contribution in [3.63, 3.8) is 0 Å². The Kier molecular flexibility index (Phi) is 6.17.